The first-order valence-corrected chi connectivity index (χ1v) is 4.95. The van der Waals surface area contributed by atoms with Crippen LogP contribution in [0.1, 0.15) is 6.42 Å². The Morgan fingerprint density at radius 2 is 2.00 bits per heavy atom. The van der Waals surface area contributed by atoms with E-state index < -0.39 is 29.7 Å². The zero-order chi connectivity index (χ0) is 11.8. The Labute approximate surface area is 93.7 Å². The van der Waals surface area contributed by atoms with Crippen molar-refractivity contribution in [2.75, 3.05) is 0 Å². The molecule has 0 fully saturated rings. The van der Waals surface area contributed by atoms with Gasteiger partial charge in [0.2, 0.25) is 0 Å². The number of aliphatic hydroxyl groups excluding tert-OH is 1. The summed E-state index contributed by atoms with van der Waals surface area (Å²) in [6, 6.07) is 0. The number of alkyl halides is 5. The summed E-state index contributed by atoms with van der Waals surface area (Å²) >= 11 is 10.8. The number of rotatable bonds is 1. The summed E-state index contributed by atoms with van der Waals surface area (Å²) in [5.74, 6) is -1.29. The molecule has 88 valence electrons. The lowest BCUT2D eigenvalue weighted by atomic mass is 9.89. The standard InChI is InChI=1S/C8H8Cl2F4O/c9-4-1-3(2-5(10)6(4)11)7(15)8(12,13)14/h1,3,5-7,15H,2H2/t3-,5?,6+,7-/m1/s1. The molecule has 4 atom stereocenters. The van der Waals surface area contributed by atoms with Crippen molar-refractivity contribution < 1.29 is 22.7 Å². The molecule has 0 aromatic heterocycles. The van der Waals surface area contributed by atoms with Crippen molar-refractivity contribution in [3.63, 3.8) is 0 Å². The van der Waals surface area contributed by atoms with Crippen LogP contribution < -0.4 is 0 Å². The van der Waals surface area contributed by atoms with E-state index in [4.69, 9.17) is 28.3 Å². The molecule has 0 radical (unpaired) electrons. The second-order valence-corrected chi connectivity index (χ2v) is 4.35. The van der Waals surface area contributed by atoms with Crippen molar-refractivity contribution in [1.82, 2.24) is 0 Å². The van der Waals surface area contributed by atoms with Gasteiger partial charge in [-0.1, -0.05) is 17.7 Å². The Hall–Kier alpha value is -0.000000000000000111. The van der Waals surface area contributed by atoms with E-state index in [0.29, 0.717) is 0 Å². The minimum Gasteiger partial charge on any atom is -0.383 e. The summed E-state index contributed by atoms with van der Waals surface area (Å²) in [7, 11) is 0. The summed E-state index contributed by atoms with van der Waals surface area (Å²) in [4.78, 5) is 0. The molecule has 1 nitrogen and oxygen atoms in total. The molecule has 1 unspecified atom stereocenters. The molecule has 0 heterocycles. The third-order valence-corrected chi connectivity index (χ3v) is 2.93. The summed E-state index contributed by atoms with van der Waals surface area (Å²) in [6.07, 6.45) is -8.38. The first-order valence-electron chi connectivity index (χ1n) is 4.13. The lowest BCUT2D eigenvalue weighted by Gasteiger charge is -2.29. The van der Waals surface area contributed by atoms with E-state index in [2.05, 4.69) is 0 Å². The van der Waals surface area contributed by atoms with Crippen molar-refractivity contribution in [3.05, 3.63) is 11.1 Å². The van der Waals surface area contributed by atoms with Gasteiger partial charge >= 0.3 is 6.18 Å². The number of hydrogen-bond donors (Lipinski definition) is 1. The highest BCUT2D eigenvalue weighted by molar-refractivity contribution is 6.31. The topological polar surface area (TPSA) is 20.2 Å². The van der Waals surface area contributed by atoms with Crippen molar-refractivity contribution >= 4 is 23.2 Å². The molecule has 0 aliphatic heterocycles. The van der Waals surface area contributed by atoms with Crippen LogP contribution >= 0.6 is 23.2 Å². The van der Waals surface area contributed by atoms with Gasteiger partial charge in [-0.25, -0.2) is 4.39 Å². The fourth-order valence-electron chi connectivity index (χ4n) is 1.38. The first kappa shape index (κ1) is 13.1. The van der Waals surface area contributed by atoms with E-state index in [1.165, 1.54) is 0 Å². The molecule has 0 spiro atoms. The van der Waals surface area contributed by atoms with E-state index in [1.54, 1.807) is 0 Å². The number of allylic oxidation sites excluding steroid dienone is 1. The van der Waals surface area contributed by atoms with Gasteiger partial charge in [-0.15, -0.1) is 11.6 Å². The van der Waals surface area contributed by atoms with Gasteiger partial charge in [0.15, 0.2) is 12.3 Å². The smallest absolute Gasteiger partial charge is 0.383 e. The van der Waals surface area contributed by atoms with Crippen LogP contribution in [0.15, 0.2) is 11.1 Å². The quantitative estimate of drug-likeness (QED) is 0.572. The summed E-state index contributed by atoms with van der Waals surface area (Å²) in [6.45, 7) is 0. The molecule has 0 amide bonds. The minimum absolute atomic E-state index is 0.292. The summed E-state index contributed by atoms with van der Waals surface area (Å²) < 4.78 is 49.4. The van der Waals surface area contributed by atoms with Crippen LogP contribution in [-0.2, 0) is 0 Å². The Bertz CT molecular complexity index is 266. The van der Waals surface area contributed by atoms with Crippen molar-refractivity contribution in [1.29, 1.82) is 0 Å². The lowest BCUT2D eigenvalue weighted by molar-refractivity contribution is -0.215. The third kappa shape index (κ3) is 2.98. The molecule has 0 aromatic carbocycles. The molecular formula is C8H8Cl2F4O. The second kappa shape index (κ2) is 4.47. The van der Waals surface area contributed by atoms with Crippen LogP contribution in [0, 0.1) is 5.92 Å². The van der Waals surface area contributed by atoms with Gasteiger partial charge in [-0.2, -0.15) is 13.2 Å². The maximum Gasteiger partial charge on any atom is 0.414 e. The Balaban J connectivity index is 2.82. The second-order valence-electron chi connectivity index (χ2n) is 3.36. The van der Waals surface area contributed by atoms with Crippen LogP contribution in [0.2, 0.25) is 0 Å². The molecular weight excluding hydrogens is 259 g/mol. The molecule has 1 rings (SSSR count). The molecule has 0 aromatic rings. The van der Waals surface area contributed by atoms with Crippen LogP contribution in [0.5, 0.6) is 0 Å². The molecule has 0 saturated heterocycles. The normalized spacial score (nSPS) is 34.9. The Morgan fingerprint density at radius 3 is 2.40 bits per heavy atom. The zero-order valence-electron chi connectivity index (χ0n) is 7.31. The fourth-order valence-corrected chi connectivity index (χ4v) is 2.10. The van der Waals surface area contributed by atoms with Crippen LogP contribution in [0.3, 0.4) is 0 Å². The van der Waals surface area contributed by atoms with Crippen LogP contribution in [0.25, 0.3) is 0 Å². The van der Waals surface area contributed by atoms with E-state index in [0.717, 1.165) is 6.08 Å². The van der Waals surface area contributed by atoms with Crippen LogP contribution in [-0.4, -0.2) is 28.9 Å². The Kier molecular flexibility index (Phi) is 3.90. The molecule has 15 heavy (non-hydrogen) atoms. The zero-order valence-corrected chi connectivity index (χ0v) is 8.82. The average molecular weight is 267 g/mol. The predicted molar refractivity (Wildman–Crippen MR) is 48.6 cm³/mol. The maximum absolute atomic E-state index is 13.0. The SMILES string of the molecule is O[C@H]([C@@H]1C=C(Cl)[C@H](F)C(Cl)C1)C(F)(F)F. The van der Waals surface area contributed by atoms with Gasteiger partial charge in [-0.05, 0) is 6.42 Å². The minimum atomic E-state index is -4.75. The number of halogens is 6. The third-order valence-electron chi connectivity index (χ3n) is 2.19. The number of hydrogen-bond acceptors (Lipinski definition) is 1. The van der Waals surface area contributed by atoms with Crippen molar-refractivity contribution in [2.45, 2.75) is 30.2 Å². The maximum atomic E-state index is 13.0. The van der Waals surface area contributed by atoms with E-state index in [-0.39, 0.29) is 11.5 Å². The van der Waals surface area contributed by atoms with Gasteiger partial charge in [0.25, 0.3) is 0 Å². The van der Waals surface area contributed by atoms with Gasteiger partial charge in [0.05, 0.1) is 10.4 Å². The fraction of sp³-hybridized carbons (Fsp3) is 0.750. The van der Waals surface area contributed by atoms with E-state index in [9.17, 15) is 17.6 Å². The van der Waals surface area contributed by atoms with Gasteiger partial charge in [0, 0.05) is 5.92 Å². The molecule has 0 saturated carbocycles. The average Bonchev–Trinajstić information content (AvgIpc) is 2.10. The molecule has 7 heteroatoms. The lowest BCUT2D eigenvalue weighted by Crippen LogP contribution is -2.39. The van der Waals surface area contributed by atoms with E-state index >= 15 is 0 Å². The monoisotopic (exact) mass is 266 g/mol. The van der Waals surface area contributed by atoms with Gasteiger partial charge < -0.3 is 5.11 Å². The highest BCUT2D eigenvalue weighted by atomic mass is 35.5. The largest absolute Gasteiger partial charge is 0.414 e. The number of aliphatic hydroxyl groups is 1. The molecule has 1 aliphatic rings. The van der Waals surface area contributed by atoms with Crippen LogP contribution in [0.4, 0.5) is 17.6 Å². The molecule has 1 N–H and O–H groups in total. The molecule has 1 aliphatic carbocycles. The van der Waals surface area contributed by atoms with Crippen molar-refractivity contribution in [3.8, 4) is 0 Å². The van der Waals surface area contributed by atoms with Crippen molar-refractivity contribution in [2.24, 2.45) is 5.92 Å². The Morgan fingerprint density at radius 1 is 1.47 bits per heavy atom. The highest BCUT2D eigenvalue weighted by Crippen LogP contribution is 2.37. The van der Waals surface area contributed by atoms with Gasteiger partial charge in [0.1, 0.15) is 0 Å². The highest BCUT2D eigenvalue weighted by Gasteiger charge is 2.45. The summed E-state index contributed by atoms with van der Waals surface area (Å²) in [5.41, 5.74) is 0. The van der Waals surface area contributed by atoms with Gasteiger partial charge in [-0.3, -0.25) is 0 Å². The first-order chi connectivity index (χ1) is 6.73. The summed E-state index contributed by atoms with van der Waals surface area (Å²) in [5, 5.41) is 7.41. The predicted octanol–water partition coefficient (Wildman–Crippen LogP) is 3.00. The van der Waals surface area contributed by atoms with E-state index in [1.807, 2.05) is 0 Å². The molecule has 0 bridgehead atoms.